The molecule has 0 aliphatic heterocycles. The Morgan fingerprint density at radius 3 is 2.77 bits per heavy atom. The number of aryl methyl sites for hydroxylation is 1. The summed E-state index contributed by atoms with van der Waals surface area (Å²) in [5.74, 6) is 0.134. The van der Waals surface area contributed by atoms with Gasteiger partial charge >= 0.3 is 0 Å². The minimum absolute atomic E-state index is 0.134. The number of hydrogen-bond acceptors (Lipinski definition) is 1. The van der Waals surface area contributed by atoms with E-state index in [1.54, 1.807) is 0 Å². The van der Waals surface area contributed by atoms with Crippen LogP contribution in [0, 0.1) is 0 Å². The molecule has 1 fully saturated rings. The molecule has 1 aromatic heterocycles. The first-order valence-corrected chi connectivity index (χ1v) is 4.58. The minimum atomic E-state index is 0.134. The topological polar surface area (TPSA) is 25.2 Å². The molecular weight excluding hydrogens is 164 g/mol. The summed E-state index contributed by atoms with van der Waals surface area (Å²) in [6, 6.07) is 4.25. The van der Waals surface area contributed by atoms with E-state index >= 15 is 0 Å². The maximum Gasteiger partial charge on any atom is 0.270 e. The first kappa shape index (κ1) is 8.35. The number of nitrogens with zero attached hydrogens (tertiary/aromatic N) is 2. The average molecular weight is 178 g/mol. The molecule has 1 aromatic rings. The smallest absolute Gasteiger partial charge is 0.270 e. The number of aromatic nitrogens is 1. The standard InChI is InChI=1S/C10H14N2O/c1-11-7-3-4-9(11)10(13)12(2)8-5-6-8/h3-4,7-8H,5-6H2,1-2H3. The van der Waals surface area contributed by atoms with Crippen molar-refractivity contribution >= 4 is 5.91 Å². The minimum Gasteiger partial charge on any atom is -0.347 e. The molecule has 1 aliphatic rings. The highest BCUT2D eigenvalue weighted by atomic mass is 16.2. The fourth-order valence-corrected chi connectivity index (χ4v) is 1.49. The third-order valence-corrected chi connectivity index (χ3v) is 2.58. The van der Waals surface area contributed by atoms with Gasteiger partial charge in [0.05, 0.1) is 0 Å². The van der Waals surface area contributed by atoms with E-state index in [2.05, 4.69) is 0 Å². The van der Waals surface area contributed by atoms with Crippen LogP contribution in [-0.2, 0) is 7.05 Å². The van der Waals surface area contributed by atoms with Gasteiger partial charge in [-0.05, 0) is 25.0 Å². The largest absolute Gasteiger partial charge is 0.347 e. The van der Waals surface area contributed by atoms with E-state index < -0.39 is 0 Å². The summed E-state index contributed by atoms with van der Waals surface area (Å²) < 4.78 is 1.86. The molecule has 70 valence electrons. The number of amides is 1. The van der Waals surface area contributed by atoms with Crippen molar-refractivity contribution in [2.75, 3.05) is 7.05 Å². The zero-order valence-electron chi connectivity index (χ0n) is 8.03. The molecule has 13 heavy (non-hydrogen) atoms. The van der Waals surface area contributed by atoms with Gasteiger partial charge in [0.2, 0.25) is 0 Å². The van der Waals surface area contributed by atoms with E-state index in [9.17, 15) is 4.79 Å². The lowest BCUT2D eigenvalue weighted by Crippen LogP contribution is -2.30. The van der Waals surface area contributed by atoms with E-state index in [1.807, 2.05) is 41.9 Å². The summed E-state index contributed by atoms with van der Waals surface area (Å²) in [7, 11) is 3.78. The second-order valence-electron chi connectivity index (χ2n) is 3.65. The highest BCUT2D eigenvalue weighted by Crippen LogP contribution is 2.26. The van der Waals surface area contributed by atoms with Crippen molar-refractivity contribution in [3.8, 4) is 0 Å². The number of rotatable bonds is 2. The Morgan fingerprint density at radius 1 is 1.62 bits per heavy atom. The van der Waals surface area contributed by atoms with Crippen LogP contribution >= 0.6 is 0 Å². The van der Waals surface area contributed by atoms with Gasteiger partial charge in [0.15, 0.2) is 0 Å². The van der Waals surface area contributed by atoms with Gasteiger partial charge in [-0.1, -0.05) is 0 Å². The van der Waals surface area contributed by atoms with Crippen LogP contribution in [0.2, 0.25) is 0 Å². The average Bonchev–Trinajstić information content (AvgIpc) is 2.87. The predicted octanol–water partition coefficient (Wildman–Crippen LogP) is 1.26. The van der Waals surface area contributed by atoms with Crippen LogP contribution in [0.15, 0.2) is 18.3 Å². The van der Waals surface area contributed by atoms with Gasteiger partial charge in [-0.3, -0.25) is 4.79 Å². The summed E-state index contributed by atoms with van der Waals surface area (Å²) in [6.07, 6.45) is 4.22. The monoisotopic (exact) mass is 178 g/mol. The van der Waals surface area contributed by atoms with Crippen molar-refractivity contribution < 1.29 is 4.79 Å². The number of carbonyl (C=O) groups is 1. The molecule has 3 heteroatoms. The molecule has 0 unspecified atom stereocenters. The molecule has 1 saturated carbocycles. The highest BCUT2D eigenvalue weighted by Gasteiger charge is 2.30. The molecule has 1 amide bonds. The SMILES string of the molecule is CN(C(=O)c1cccn1C)C1CC1. The second kappa shape index (κ2) is 2.91. The summed E-state index contributed by atoms with van der Waals surface area (Å²) in [4.78, 5) is 13.7. The van der Waals surface area contributed by atoms with Crippen molar-refractivity contribution in [3.63, 3.8) is 0 Å². The fourth-order valence-electron chi connectivity index (χ4n) is 1.49. The van der Waals surface area contributed by atoms with Crippen LogP contribution in [-0.4, -0.2) is 28.5 Å². The van der Waals surface area contributed by atoms with Gasteiger partial charge in [-0.2, -0.15) is 0 Å². The van der Waals surface area contributed by atoms with Crippen LogP contribution in [0.4, 0.5) is 0 Å². The van der Waals surface area contributed by atoms with Crippen LogP contribution in [0.5, 0.6) is 0 Å². The van der Waals surface area contributed by atoms with Crippen LogP contribution < -0.4 is 0 Å². The zero-order valence-corrected chi connectivity index (χ0v) is 8.03. The Hall–Kier alpha value is -1.25. The predicted molar refractivity (Wildman–Crippen MR) is 50.5 cm³/mol. The lowest BCUT2D eigenvalue weighted by Gasteiger charge is -2.16. The van der Waals surface area contributed by atoms with Crippen LogP contribution in [0.25, 0.3) is 0 Å². The Labute approximate surface area is 78.0 Å². The third kappa shape index (κ3) is 1.46. The molecule has 0 N–H and O–H groups in total. The second-order valence-corrected chi connectivity index (χ2v) is 3.65. The van der Waals surface area contributed by atoms with Crippen LogP contribution in [0.1, 0.15) is 23.3 Å². The molecule has 0 atom stereocenters. The van der Waals surface area contributed by atoms with Crippen molar-refractivity contribution in [3.05, 3.63) is 24.0 Å². The molecule has 1 heterocycles. The van der Waals surface area contributed by atoms with Gasteiger partial charge in [0, 0.05) is 26.3 Å². The first-order chi connectivity index (χ1) is 6.20. The third-order valence-electron chi connectivity index (χ3n) is 2.58. The molecule has 0 aromatic carbocycles. The Bertz CT molecular complexity index is 325. The number of carbonyl (C=O) groups excluding carboxylic acids is 1. The molecule has 2 rings (SSSR count). The number of hydrogen-bond donors (Lipinski definition) is 0. The molecule has 0 radical (unpaired) electrons. The van der Waals surface area contributed by atoms with Gasteiger partial charge in [-0.15, -0.1) is 0 Å². The summed E-state index contributed by atoms with van der Waals surface area (Å²) in [5, 5.41) is 0. The maximum absolute atomic E-state index is 11.8. The normalized spacial score (nSPS) is 15.8. The Balaban J connectivity index is 2.16. The lowest BCUT2D eigenvalue weighted by molar-refractivity contribution is 0.0775. The molecule has 0 spiro atoms. The van der Waals surface area contributed by atoms with Gasteiger partial charge in [0.25, 0.3) is 5.91 Å². The van der Waals surface area contributed by atoms with Crippen molar-refractivity contribution in [1.82, 2.24) is 9.47 Å². The summed E-state index contributed by atoms with van der Waals surface area (Å²) >= 11 is 0. The summed E-state index contributed by atoms with van der Waals surface area (Å²) in [6.45, 7) is 0. The van der Waals surface area contributed by atoms with Crippen LogP contribution in [0.3, 0.4) is 0 Å². The molecule has 1 aliphatic carbocycles. The fraction of sp³-hybridized carbons (Fsp3) is 0.500. The Morgan fingerprint density at radius 2 is 2.31 bits per heavy atom. The summed E-state index contributed by atoms with van der Waals surface area (Å²) in [5.41, 5.74) is 0.773. The van der Waals surface area contributed by atoms with Gasteiger partial charge in [-0.25, -0.2) is 0 Å². The zero-order chi connectivity index (χ0) is 9.42. The van der Waals surface area contributed by atoms with Crippen molar-refractivity contribution in [2.24, 2.45) is 7.05 Å². The lowest BCUT2D eigenvalue weighted by atomic mass is 10.3. The van der Waals surface area contributed by atoms with E-state index in [1.165, 1.54) is 0 Å². The molecule has 0 saturated heterocycles. The van der Waals surface area contributed by atoms with Gasteiger partial charge in [0.1, 0.15) is 5.69 Å². The van der Waals surface area contributed by atoms with Crippen molar-refractivity contribution in [1.29, 1.82) is 0 Å². The van der Waals surface area contributed by atoms with Gasteiger partial charge < -0.3 is 9.47 Å². The molecule has 0 bridgehead atoms. The van der Waals surface area contributed by atoms with Crippen molar-refractivity contribution in [2.45, 2.75) is 18.9 Å². The Kier molecular flexibility index (Phi) is 1.87. The van der Waals surface area contributed by atoms with E-state index in [4.69, 9.17) is 0 Å². The van der Waals surface area contributed by atoms with E-state index in [0.717, 1.165) is 18.5 Å². The van der Waals surface area contributed by atoms with E-state index in [-0.39, 0.29) is 5.91 Å². The molecular formula is C10H14N2O. The quantitative estimate of drug-likeness (QED) is 0.669. The van der Waals surface area contributed by atoms with E-state index in [0.29, 0.717) is 6.04 Å². The maximum atomic E-state index is 11.8. The molecule has 3 nitrogen and oxygen atoms in total. The first-order valence-electron chi connectivity index (χ1n) is 4.58. The highest BCUT2D eigenvalue weighted by molar-refractivity contribution is 5.92.